The van der Waals surface area contributed by atoms with Crippen molar-refractivity contribution in [3.05, 3.63) is 22.8 Å². The van der Waals surface area contributed by atoms with Gasteiger partial charge in [-0.05, 0) is 30.4 Å². The molecule has 4 heteroatoms. The van der Waals surface area contributed by atoms with E-state index in [4.69, 9.17) is 16.9 Å². The molecule has 3 nitrogen and oxygen atoms in total. The molecule has 0 unspecified atom stereocenters. The first-order chi connectivity index (χ1) is 7.61. The highest BCUT2D eigenvalue weighted by molar-refractivity contribution is 6.29. The summed E-state index contributed by atoms with van der Waals surface area (Å²) in [6.07, 6.45) is 3.82. The molecule has 0 bridgehead atoms. The Morgan fingerprint density at radius 2 is 2.31 bits per heavy atom. The van der Waals surface area contributed by atoms with Gasteiger partial charge in [-0.15, -0.1) is 0 Å². The summed E-state index contributed by atoms with van der Waals surface area (Å²) in [5.74, 6) is 0.692. The quantitative estimate of drug-likeness (QED) is 0.819. The molecule has 0 saturated heterocycles. The van der Waals surface area contributed by atoms with Gasteiger partial charge < -0.3 is 5.32 Å². The Kier molecular flexibility index (Phi) is 3.02. The van der Waals surface area contributed by atoms with E-state index in [0.29, 0.717) is 21.9 Å². The number of anilines is 1. The van der Waals surface area contributed by atoms with Crippen LogP contribution in [0, 0.1) is 16.7 Å². The second-order valence-electron chi connectivity index (χ2n) is 4.69. The minimum Gasteiger partial charge on any atom is -0.369 e. The molecule has 0 spiro atoms. The van der Waals surface area contributed by atoms with Crippen molar-refractivity contribution in [1.82, 2.24) is 4.98 Å². The molecule has 16 heavy (non-hydrogen) atoms. The van der Waals surface area contributed by atoms with Gasteiger partial charge in [0.2, 0.25) is 0 Å². The van der Waals surface area contributed by atoms with Crippen LogP contribution in [0.5, 0.6) is 0 Å². The fourth-order valence-corrected chi connectivity index (χ4v) is 2.12. The van der Waals surface area contributed by atoms with Gasteiger partial charge in [-0.25, -0.2) is 4.98 Å². The van der Waals surface area contributed by atoms with Gasteiger partial charge in [0.15, 0.2) is 0 Å². The molecule has 1 fully saturated rings. The Labute approximate surface area is 100 Å². The second kappa shape index (κ2) is 4.31. The lowest BCUT2D eigenvalue weighted by Gasteiger charge is -2.38. The van der Waals surface area contributed by atoms with E-state index in [0.717, 1.165) is 6.54 Å². The van der Waals surface area contributed by atoms with Gasteiger partial charge in [0.1, 0.15) is 11.0 Å². The highest BCUT2D eigenvalue weighted by Crippen LogP contribution is 2.40. The molecular formula is C12H14ClN3. The minimum atomic E-state index is 0.361. The van der Waals surface area contributed by atoms with Gasteiger partial charge in [0.25, 0.3) is 0 Å². The van der Waals surface area contributed by atoms with E-state index in [-0.39, 0.29) is 0 Å². The summed E-state index contributed by atoms with van der Waals surface area (Å²) in [5, 5.41) is 12.4. The van der Waals surface area contributed by atoms with Crippen LogP contribution in [-0.4, -0.2) is 11.5 Å². The van der Waals surface area contributed by atoms with Crippen molar-refractivity contribution >= 4 is 17.4 Å². The van der Waals surface area contributed by atoms with Crippen LogP contribution in [0.1, 0.15) is 31.7 Å². The fourth-order valence-electron chi connectivity index (χ4n) is 1.91. The summed E-state index contributed by atoms with van der Waals surface area (Å²) in [6, 6.07) is 5.37. The lowest BCUT2D eigenvalue weighted by molar-refractivity contribution is 0.180. The average Bonchev–Trinajstić information content (AvgIpc) is 2.23. The number of nitrogens with one attached hydrogen (secondary N) is 1. The summed E-state index contributed by atoms with van der Waals surface area (Å²) in [4.78, 5) is 4.15. The molecule has 1 aliphatic rings. The van der Waals surface area contributed by atoms with Gasteiger partial charge in [0, 0.05) is 6.54 Å². The Morgan fingerprint density at radius 3 is 2.88 bits per heavy atom. The molecule has 0 aliphatic heterocycles. The summed E-state index contributed by atoms with van der Waals surface area (Å²) < 4.78 is 0. The first-order valence-electron chi connectivity index (χ1n) is 5.43. The zero-order valence-corrected chi connectivity index (χ0v) is 10.0. The number of pyridine rings is 1. The van der Waals surface area contributed by atoms with E-state index in [1.807, 2.05) is 0 Å². The predicted octanol–water partition coefficient (Wildman–Crippen LogP) is 3.21. The van der Waals surface area contributed by atoms with Crippen molar-refractivity contribution in [3.63, 3.8) is 0 Å². The van der Waals surface area contributed by atoms with E-state index in [9.17, 15) is 0 Å². The summed E-state index contributed by atoms with van der Waals surface area (Å²) >= 11 is 5.82. The second-order valence-corrected chi connectivity index (χ2v) is 5.08. The molecule has 1 N–H and O–H groups in total. The van der Waals surface area contributed by atoms with Crippen LogP contribution in [0.15, 0.2) is 12.1 Å². The number of nitrogens with zero attached hydrogens (tertiary/aromatic N) is 2. The Bertz CT molecular complexity index is 432. The molecule has 1 aromatic heterocycles. The third-order valence-corrected chi connectivity index (χ3v) is 3.37. The Balaban J connectivity index is 2.04. The van der Waals surface area contributed by atoms with Crippen molar-refractivity contribution < 1.29 is 0 Å². The van der Waals surface area contributed by atoms with Gasteiger partial charge in [0.05, 0.1) is 11.6 Å². The van der Waals surface area contributed by atoms with Crippen LogP contribution in [-0.2, 0) is 0 Å². The summed E-state index contributed by atoms with van der Waals surface area (Å²) in [5.41, 5.74) is 0.929. The normalized spacial score (nSPS) is 17.3. The van der Waals surface area contributed by atoms with E-state index in [1.165, 1.54) is 19.3 Å². The monoisotopic (exact) mass is 235 g/mol. The largest absolute Gasteiger partial charge is 0.369 e. The zero-order valence-electron chi connectivity index (χ0n) is 9.26. The lowest BCUT2D eigenvalue weighted by atomic mass is 9.70. The van der Waals surface area contributed by atoms with Crippen molar-refractivity contribution in [2.24, 2.45) is 5.41 Å². The van der Waals surface area contributed by atoms with Crippen LogP contribution in [0.25, 0.3) is 0 Å². The molecular weight excluding hydrogens is 222 g/mol. The fraction of sp³-hybridized carbons (Fsp3) is 0.500. The molecule has 0 radical (unpaired) electrons. The van der Waals surface area contributed by atoms with Gasteiger partial charge >= 0.3 is 0 Å². The van der Waals surface area contributed by atoms with Crippen LogP contribution in [0.4, 0.5) is 5.82 Å². The first kappa shape index (κ1) is 11.2. The molecule has 0 atom stereocenters. The Morgan fingerprint density at radius 1 is 1.56 bits per heavy atom. The van der Waals surface area contributed by atoms with Crippen LogP contribution in [0.3, 0.4) is 0 Å². The van der Waals surface area contributed by atoms with Crippen molar-refractivity contribution in [2.75, 3.05) is 11.9 Å². The SMILES string of the molecule is CC1(CNc2cc(C#N)cc(Cl)n2)CCC1. The lowest BCUT2D eigenvalue weighted by Crippen LogP contribution is -2.33. The highest BCUT2D eigenvalue weighted by atomic mass is 35.5. The van der Waals surface area contributed by atoms with E-state index in [1.54, 1.807) is 12.1 Å². The molecule has 1 saturated carbocycles. The molecule has 1 aromatic rings. The predicted molar refractivity (Wildman–Crippen MR) is 64.4 cm³/mol. The van der Waals surface area contributed by atoms with E-state index in [2.05, 4.69) is 23.3 Å². The average molecular weight is 236 g/mol. The van der Waals surface area contributed by atoms with Crippen LogP contribution >= 0.6 is 11.6 Å². The maximum Gasteiger partial charge on any atom is 0.132 e. The van der Waals surface area contributed by atoms with Crippen LogP contribution in [0.2, 0.25) is 5.15 Å². The summed E-state index contributed by atoms with van der Waals surface area (Å²) in [7, 11) is 0. The molecule has 1 heterocycles. The number of aromatic nitrogens is 1. The molecule has 0 aromatic carbocycles. The number of hydrogen-bond donors (Lipinski definition) is 1. The van der Waals surface area contributed by atoms with Crippen molar-refractivity contribution in [1.29, 1.82) is 5.26 Å². The minimum absolute atomic E-state index is 0.361. The molecule has 2 rings (SSSR count). The van der Waals surface area contributed by atoms with Gasteiger partial charge in [-0.3, -0.25) is 0 Å². The number of rotatable bonds is 3. The third kappa shape index (κ3) is 2.45. The van der Waals surface area contributed by atoms with Crippen LogP contribution < -0.4 is 5.32 Å². The molecule has 1 aliphatic carbocycles. The maximum absolute atomic E-state index is 8.81. The zero-order chi connectivity index (χ0) is 11.6. The summed E-state index contributed by atoms with van der Waals surface area (Å²) in [6.45, 7) is 3.16. The molecule has 84 valence electrons. The maximum atomic E-state index is 8.81. The van der Waals surface area contributed by atoms with Gasteiger partial charge in [-0.1, -0.05) is 24.9 Å². The number of halogens is 1. The first-order valence-corrected chi connectivity index (χ1v) is 5.81. The highest BCUT2D eigenvalue weighted by Gasteiger charge is 2.31. The van der Waals surface area contributed by atoms with E-state index >= 15 is 0 Å². The smallest absolute Gasteiger partial charge is 0.132 e. The topological polar surface area (TPSA) is 48.7 Å². The third-order valence-electron chi connectivity index (χ3n) is 3.18. The van der Waals surface area contributed by atoms with E-state index < -0.39 is 0 Å². The Hall–Kier alpha value is -1.27. The van der Waals surface area contributed by atoms with Gasteiger partial charge in [-0.2, -0.15) is 5.26 Å². The van der Waals surface area contributed by atoms with Crippen molar-refractivity contribution in [3.8, 4) is 6.07 Å². The molecule has 0 amide bonds. The number of nitriles is 1. The number of hydrogen-bond acceptors (Lipinski definition) is 3. The standard InChI is InChI=1S/C12H14ClN3/c1-12(3-2-4-12)8-15-11-6-9(7-14)5-10(13)16-11/h5-6H,2-4,8H2,1H3,(H,15,16). The van der Waals surface area contributed by atoms with Crippen molar-refractivity contribution in [2.45, 2.75) is 26.2 Å².